The van der Waals surface area contributed by atoms with Crippen molar-refractivity contribution in [3.63, 3.8) is 0 Å². The lowest BCUT2D eigenvalue weighted by Crippen LogP contribution is -2.10. The summed E-state index contributed by atoms with van der Waals surface area (Å²) in [5.74, 6) is 0.964. The molecule has 1 unspecified atom stereocenters. The van der Waals surface area contributed by atoms with E-state index >= 15 is 0 Å². The first-order valence-corrected chi connectivity index (χ1v) is 5.80. The Kier molecular flexibility index (Phi) is 3.04. The van der Waals surface area contributed by atoms with Gasteiger partial charge in [-0.3, -0.25) is 0 Å². The summed E-state index contributed by atoms with van der Waals surface area (Å²) in [6.45, 7) is 1.97. The van der Waals surface area contributed by atoms with Crippen LogP contribution in [-0.4, -0.2) is 10.1 Å². The number of hydrogen-bond acceptors (Lipinski definition) is 5. The number of thiophene rings is 1. The van der Waals surface area contributed by atoms with Gasteiger partial charge in [0.25, 0.3) is 5.89 Å². The SMILES string of the molecule is CCC(N)c1noc(-c2sccc2Cl)n1. The van der Waals surface area contributed by atoms with E-state index in [1.54, 1.807) is 6.07 Å². The molecule has 0 aromatic carbocycles. The summed E-state index contributed by atoms with van der Waals surface area (Å²) < 4.78 is 5.10. The number of rotatable bonds is 3. The smallest absolute Gasteiger partial charge is 0.269 e. The second kappa shape index (κ2) is 4.30. The molecule has 0 aliphatic heterocycles. The van der Waals surface area contributed by atoms with Gasteiger partial charge in [-0.25, -0.2) is 0 Å². The largest absolute Gasteiger partial charge is 0.333 e. The van der Waals surface area contributed by atoms with Gasteiger partial charge in [-0.05, 0) is 17.9 Å². The second-order valence-corrected chi connectivity index (χ2v) is 4.39. The molecule has 0 amide bonds. The van der Waals surface area contributed by atoms with Gasteiger partial charge in [-0.2, -0.15) is 4.98 Å². The standard InChI is InChI=1S/C9H10ClN3OS/c1-2-6(11)8-12-9(14-13-8)7-5(10)3-4-15-7/h3-4,6H,2,11H2,1H3. The Morgan fingerprint density at radius 1 is 1.67 bits per heavy atom. The highest BCUT2D eigenvalue weighted by Crippen LogP contribution is 2.32. The lowest BCUT2D eigenvalue weighted by atomic mass is 10.2. The maximum Gasteiger partial charge on any atom is 0.269 e. The fourth-order valence-corrected chi connectivity index (χ4v) is 2.16. The average molecular weight is 244 g/mol. The molecule has 4 nitrogen and oxygen atoms in total. The van der Waals surface area contributed by atoms with Gasteiger partial charge in [0.15, 0.2) is 5.82 Å². The summed E-state index contributed by atoms with van der Waals surface area (Å²) in [7, 11) is 0. The third-order valence-electron chi connectivity index (χ3n) is 2.02. The Hall–Kier alpha value is -0.910. The van der Waals surface area contributed by atoms with Crippen LogP contribution in [0.5, 0.6) is 0 Å². The molecule has 0 fully saturated rings. The summed E-state index contributed by atoms with van der Waals surface area (Å²) >= 11 is 7.41. The second-order valence-electron chi connectivity index (χ2n) is 3.07. The first kappa shape index (κ1) is 10.6. The highest BCUT2D eigenvalue weighted by molar-refractivity contribution is 7.14. The maximum absolute atomic E-state index is 5.95. The number of halogens is 1. The molecule has 0 bridgehead atoms. The van der Waals surface area contributed by atoms with Crippen LogP contribution in [0.3, 0.4) is 0 Å². The van der Waals surface area contributed by atoms with E-state index in [1.807, 2.05) is 12.3 Å². The molecular weight excluding hydrogens is 234 g/mol. The Morgan fingerprint density at radius 3 is 3.07 bits per heavy atom. The van der Waals surface area contributed by atoms with Crippen LogP contribution in [0.25, 0.3) is 10.8 Å². The molecule has 1 atom stereocenters. The van der Waals surface area contributed by atoms with E-state index in [2.05, 4.69) is 10.1 Å². The van der Waals surface area contributed by atoms with Crippen LogP contribution < -0.4 is 5.73 Å². The van der Waals surface area contributed by atoms with Crippen LogP contribution in [0.1, 0.15) is 25.2 Å². The van der Waals surface area contributed by atoms with Gasteiger partial charge in [-0.1, -0.05) is 23.7 Å². The van der Waals surface area contributed by atoms with Gasteiger partial charge in [0, 0.05) is 0 Å². The van der Waals surface area contributed by atoms with Crippen LogP contribution >= 0.6 is 22.9 Å². The molecule has 80 valence electrons. The number of nitrogens with two attached hydrogens (primary N) is 1. The molecule has 0 saturated heterocycles. The van der Waals surface area contributed by atoms with Crippen LogP contribution in [0.15, 0.2) is 16.0 Å². The lowest BCUT2D eigenvalue weighted by molar-refractivity contribution is 0.416. The molecule has 0 radical (unpaired) electrons. The normalized spacial score (nSPS) is 13.0. The molecule has 2 rings (SSSR count). The molecule has 0 spiro atoms. The maximum atomic E-state index is 5.95. The summed E-state index contributed by atoms with van der Waals surface area (Å²) in [4.78, 5) is 5.00. The van der Waals surface area contributed by atoms with E-state index in [-0.39, 0.29) is 6.04 Å². The predicted molar refractivity (Wildman–Crippen MR) is 59.8 cm³/mol. The van der Waals surface area contributed by atoms with Crippen molar-refractivity contribution in [3.05, 3.63) is 22.3 Å². The fourth-order valence-electron chi connectivity index (χ4n) is 1.11. The van der Waals surface area contributed by atoms with E-state index in [1.165, 1.54) is 11.3 Å². The number of nitrogens with zero attached hydrogens (tertiary/aromatic N) is 2. The van der Waals surface area contributed by atoms with Gasteiger partial charge in [0.1, 0.15) is 4.88 Å². The van der Waals surface area contributed by atoms with Crippen molar-refractivity contribution < 1.29 is 4.52 Å². The molecule has 2 heterocycles. The van der Waals surface area contributed by atoms with E-state index in [0.29, 0.717) is 16.7 Å². The molecular formula is C9H10ClN3OS. The lowest BCUT2D eigenvalue weighted by Gasteiger charge is -1.99. The zero-order valence-corrected chi connectivity index (χ0v) is 9.68. The minimum atomic E-state index is -0.179. The van der Waals surface area contributed by atoms with Crippen molar-refractivity contribution in [2.45, 2.75) is 19.4 Å². The first-order valence-electron chi connectivity index (χ1n) is 4.55. The van der Waals surface area contributed by atoms with E-state index < -0.39 is 0 Å². The third kappa shape index (κ3) is 2.04. The molecule has 2 aromatic rings. The topological polar surface area (TPSA) is 64.9 Å². The van der Waals surface area contributed by atoms with E-state index in [0.717, 1.165) is 11.3 Å². The third-order valence-corrected chi connectivity index (χ3v) is 3.35. The molecule has 15 heavy (non-hydrogen) atoms. The van der Waals surface area contributed by atoms with Gasteiger partial charge in [0.2, 0.25) is 0 Å². The number of aromatic nitrogens is 2. The minimum Gasteiger partial charge on any atom is -0.333 e. The molecule has 0 aliphatic rings. The van der Waals surface area contributed by atoms with Crippen LogP contribution in [-0.2, 0) is 0 Å². The predicted octanol–water partition coefficient (Wildman–Crippen LogP) is 2.86. The van der Waals surface area contributed by atoms with Crippen LogP contribution in [0, 0.1) is 0 Å². The fraction of sp³-hybridized carbons (Fsp3) is 0.333. The van der Waals surface area contributed by atoms with Crippen molar-refractivity contribution in [1.82, 2.24) is 10.1 Å². The van der Waals surface area contributed by atoms with Gasteiger partial charge in [-0.15, -0.1) is 11.3 Å². The van der Waals surface area contributed by atoms with Crippen molar-refractivity contribution in [2.75, 3.05) is 0 Å². The summed E-state index contributed by atoms with van der Waals surface area (Å²) in [6.07, 6.45) is 0.775. The monoisotopic (exact) mass is 243 g/mol. The zero-order chi connectivity index (χ0) is 10.8. The quantitative estimate of drug-likeness (QED) is 0.900. The minimum absolute atomic E-state index is 0.179. The van der Waals surface area contributed by atoms with Crippen LogP contribution in [0.2, 0.25) is 5.02 Å². The summed E-state index contributed by atoms with van der Waals surface area (Å²) in [5, 5.41) is 6.32. The van der Waals surface area contributed by atoms with Crippen molar-refractivity contribution >= 4 is 22.9 Å². The molecule has 0 aliphatic carbocycles. The van der Waals surface area contributed by atoms with Crippen LogP contribution in [0.4, 0.5) is 0 Å². The summed E-state index contributed by atoms with van der Waals surface area (Å²) in [5.41, 5.74) is 5.78. The molecule has 0 saturated carbocycles. The highest BCUT2D eigenvalue weighted by atomic mass is 35.5. The Balaban J connectivity index is 2.32. The van der Waals surface area contributed by atoms with Gasteiger partial charge < -0.3 is 10.3 Å². The van der Waals surface area contributed by atoms with Gasteiger partial charge >= 0.3 is 0 Å². The van der Waals surface area contributed by atoms with Crippen molar-refractivity contribution in [3.8, 4) is 10.8 Å². The van der Waals surface area contributed by atoms with E-state index in [4.69, 9.17) is 21.9 Å². The molecule has 2 N–H and O–H groups in total. The first-order chi connectivity index (χ1) is 7.22. The number of hydrogen-bond donors (Lipinski definition) is 1. The highest BCUT2D eigenvalue weighted by Gasteiger charge is 2.16. The zero-order valence-electron chi connectivity index (χ0n) is 8.11. The Morgan fingerprint density at radius 2 is 2.47 bits per heavy atom. The molecule has 2 aromatic heterocycles. The van der Waals surface area contributed by atoms with E-state index in [9.17, 15) is 0 Å². The molecule has 6 heteroatoms. The van der Waals surface area contributed by atoms with Crippen molar-refractivity contribution in [2.24, 2.45) is 5.73 Å². The Labute approximate surface area is 96.1 Å². The average Bonchev–Trinajstić information content (AvgIpc) is 2.84. The summed E-state index contributed by atoms with van der Waals surface area (Å²) in [6, 6.07) is 1.62. The Bertz CT molecular complexity index is 454. The van der Waals surface area contributed by atoms with Gasteiger partial charge in [0.05, 0.1) is 11.1 Å². The van der Waals surface area contributed by atoms with Crippen molar-refractivity contribution in [1.29, 1.82) is 0 Å².